The third-order valence-electron chi connectivity index (χ3n) is 4.37. The Labute approximate surface area is 136 Å². The molecule has 0 N–H and O–H groups in total. The van der Waals surface area contributed by atoms with Gasteiger partial charge in [0.15, 0.2) is 0 Å². The number of aryl methyl sites for hydroxylation is 1. The minimum Gasteiger partial charge on any atom is -0.361 e. The molecule has 1 atom stereocenters. The molecule has 0 radical (unpaired) electrons. The summed E-state index contributed by atoms with van der Waals surface area (Å²) in [5, 5.41) is 4.93. The molecule has 1 fully saturated rings. The van der Waals surface area contributed by atoms with E-state index in [2.05, 4.69) is 34.0 Å². The van der Waals surface area contributed by atoms with Crippen molar-refractivity contribution in [2.24, 2.45) is 0 Å². The number of aromatic nitrogens is 1. The van der Waals surface area contributed by atoms with Crippen LogP contribution < -0.4 is 0 Å². The van der Waals surface area contributed by atoms with Gasteiger partial charge in [-0.15, -0.1) is 0 Å². The lowest BCUT2D eigenvalue weighted by molar-refractivity contribution is 0.0963. The van der Waals surface area contributed by atoms with Crippen LogP contribution in [0.5, 0.6) is 0 Å². The van der Waals surface area contributed by atoms with Crippen molar-refractivity contribution in [3.8, 4) is 0 Å². The molecule has 3 rings (SSSR count). The highest BCUT2D eigenvalue weighted by atomic mass is 35.5. The predicted octanol–water partition coefficient (Wildman–Crippen LogP) is 3.52. The fraction of sp³-hybridized carbons (Fsp3) is 0.471. The molecular weight excluding hydrogens is 298 g/mol. The van der Waals surface area contributed by atoms with E-state index in [1.54, 1.807) is 0 Å². The van der Waals surface area contributed by atoms with Crippen molar-refractivity contribution in [2.75, 3.05) is 26.2 Å². The lowest BCUT2D eigenvalue weighted by Crippen LogP contribution is -2.46. The zero-order valence-electron chi connectivity index (χ0n) is 13.1. The number of rotatable bonds is 4. The van der Waals surface area contributed by atoms with Crippen LogP contribution in [0.15, 0.2) is 34.9 Å². The van der Waals surface area contributed by atoms with Gasteiger partial charge in [-0.25, -0.2) is 0 Å². The second-order valence-corrected chi connectivity index (χ2v) is 6.35. The quantitative estimate of drug-likeness (QED) is 0.863. The molecule has 2 aromatic rings. The zero-order valence-corrected chi connectivity index (χ0v) is 13.9. The number of piperazine rings is 1. The summed E-state index contributed by atoms with van der Waals surface area (Å²) in [5.74, 6) is 0.876. The van der Waals surface area contributed by atoms with Gasteiger partial charge in [-0.2, -0.15) is 0 Å². The summed E-state index contributed by atoms with van der Waals surface area (Å²) in [6.07, 6.45) is 0. The van der Waals surface area contributed by atoms with Crippen molar-refractivity contribution in [3.05, 3.63) is 52.4 Å². The minimum absolute atomic E-state index is 0.352. The van der Waals surface area contributed by atoms with E-state index in [0.717, 1.165) is 49.2 Å². The van der Waals surface area contributed by atoms with Gasteiger partial charge < -0.3 is 4.52 Å². The third-order valence-corrected chi connectivity index (χ3v) is 4.72. The van der Waals surface area contributed by atoms with Crippen molar-refractivity contribution >= 4 is 11.6 Å². The molecule has 5 heteroatoms. The molecule has 0 spiro atoms. The van der Waals surface area contributed by atoms with Gasteiger partial charge in [0, 0.05) is 49.9 Å². The Bertz CT molecular complexity index is 620. The summed E-state index contributed by atoms with van der Waals surface area (Å²) in [4.78, 5) is 4.92. The highest BCUT2D eigenvalue weighted by molar-refractivity contribution is 6.31. The van der Waals surface area contributed by atoms with Gasteiger partial charge >= 0.3 is 0 Å². The van der Waals surface area contributed by atoms with Gasteiger partial charge in [0.1, 0.15) is 5.76 Å². The molecule has 0 aliphatic carbocycles. The average Bonchev–Trinajstić information content (AvgIpc) is 2.93. The Morgan fingerprint density at radius 3 is 2.59 bits per heavy atom. The van der Waals surface area contributed by atoms with Crippen LogP contribution in [0.25, 0.3) is 0 Å². The lowest BCUT2D eigenvalue weighted by Gasteiger charge is -2.38. The van der Waals surface area contributed by atoms with E-state index in [4.69, 9.17) is 16.1 Å². The molecule has 1 aliphatic rings. The van der Waals surface area contributed by atoms with Crippen molar-refractivity contribution in [1.29, 1.82) is 0 Å². The molecule has 22 heavy (non-hydrogen) atoms. The summed E-state index contributed by atoms with van der Waals surface area (Å²) in [7, 11) is 0. The van der Waals surface area contributed by atoms with E-state index in [1.165, 1.54) is 5.56 Å². The predicted molar refractivity (Wildman–Crippen MR) is 88.0 cm³/mol. The van der Waals surface area contributed by atoms with Gasteiger partial charge in [0.05, 0.1) is 5.69 Å². The number of nitrogens with zero attached hydrogens (tertiary/aromatic N) is 3. The third kappa shape index (κ3) is 3.51. The standard InChI is InChI=1S/C17H22ClN3O/c1-13-11-15(19-22-13)12-20-7-9-21(10-8-20)14(2)16-5-3-4-6-17(16)18/h3-6,11,14H,7-10,12H2,1-2H3. The van der Waals surface area contributed by atoms with Crippen LogP contribution in [0.4, 0.5) is 0 Å². The Balaban J connectivity index is 1.56. The Kier molecular flexibility index (Phi) is 4.81. The van der Waals surface area contributed by atoms with Gasteiger partial charge in [-0.1, -0.05) is 35.0 Å². The van der Waals surface area contributed by atoms with Crippen molar-refractivity contribution in [2.45, 2.75) is 26.4 Å². The zero-order chi connectivity index (χ0) is 15.5. The molecule has 118 valence electrons. The molecule has 0 bridgehead atoms. The fourth-order valence-corrected chi connectivity index (χ4v) is 3.33. The number of hydrogen-bond donors (Lipinski definition) is 0. The number of halogens is 1. The smallest absolute Gasteiger partial charge is 0.133 e. The van der Waals surface area contributed by atoms with Crippen molar-refractivity contribution in [3.63, 3.8) is 0 Å². The normalized spacial score (nSPS) is 18.5. The summed E-state index contributed by atoms with van der Waals surface area (Å²) in [6.45, 7) is 9.21. The second-order valence-electron chi connectivity index (χ2n) is 5.94. The van der Waals surface area contributed by atoms with Crippen LogP contribution in [-0.2, 0) is 6.54 Å². The summed E-state index contributed by atoms with van der Waals surface area (Å²) < 4.78 is 5.13. The van der Waals surface area contributed by atoms with Gasteiger partial charge in [0.2, 0.25) is 0 Å². The van der Waals surface area contributed by atoms with Crippen LogP contribution in [0.2, 0.25) is 5.02 Å². The van der Waals surface area contributed by atoms with E-state index >= 15 is 0 Å². The first-order valence-corrected chi connectivity index (χ1v) is 8.14. The molecular formula is C17H22ClN3O. The largest absolute Gasteiger partial charge is 0.361 e. The molecule has 0 saturated carbocycles. The van der Waals surface area contributed by atoms with Gasteiger partial charge in [-0.3, -0.25) is 9.80 Å². The summed E-state index contributed by atoms with van der Waals surface area (Å²) in [6, 6.07) is 10.5. The molecule has 2 heterocycles. The van der Waals surface area contributed by atoms with E-state index in [1.807, 2.05) is 25.1 Å². The van der Waals surface area contributed by atoms with E-state index in [9.17, 15) is 0 Å². The molecule has 1 saturated heterocycles. The molecule has 1 aromatic heterocycles. The van der Waals surface area contributed by atoms with Crippen LogP contribution in [0, 0.1) is 6.92 Å². The lowest BCUT2D eigenvalue weighted by atomic mass is 10.1. The monoisotopic (exact) mass is 319 g/mol. The van der Waals surface area contributed by atoms with E-state index in [-0.39, 0.29) is 0 Å². The number of benzene rings is 1. The Morgan fingerprint density at radius 1 is 1.23 bits per heavy atom. The molecule has 1 aliphatic heterocycles. The number of hydrogen-bond acceptors (Lipinski definition) is 4. The second kappa shape index (κ2) is 6.82. The van der Waals surface area contributed by atoms with Gasteiger partial charge in [-0.05, 0) is 25.5 Å². The summed E-state index contributed by atoms with van der Waals surface area (Å²) in [5.41, 5.74) is 2.23. The molecule has 4 nitrogen and oxygen atoms in total. The summed E-state index contributed by atoms with van der Waals surface area (Å²) >= 11 is 6.32. The van der Waals surface area contributed by atoms with Gasteiger partial charge in [0.25, 0.3) is 0 Å². The Morgan fingerprint density at radius 2 is 1.95 bits per heavy atom. The average molecular weight is 320 g/mol. The Hall–Kier alpha value is -1.36. The first kappa shape index (κ1) is 15.5. The van der Waals surface area contributed by atoms with Crippen molar-refractivity contribution < 1.29 is 4.52 Å². The topological polar surface area (TPSA) is 32.5 Å². The SMILES string of the molecule is Cc1cc(CN2CCN(C(C)c3ccccc3Cl)CC2)no1. The maximum Gasteiger partial charge on any atom is 0.133 e. The highest BCUT2D eigenvalue weighted by Gasteiger charge is 2.23. The van der Waals surface area contributed by atoms with Crippen LogP contribution >= 0.6 is 11.6 Å². The molecule has 1 aromatic carbocycles. The maximum absolute atomic E-state index is 6.32. The first-order chi connectivity index (χ1) is 10.6. The molecule has 1 unspecified atom stereocenters. The molecule has 0 amide bonds. The highest BCUT2D eigenvalue weighted by Crippen LogP contribution is 2.27. The maximum atomic E-state index is 6.32. The first-order valence-electron chi connectivity index (χ1n) is 7.76. The minimum atomic E-state index is 0.352. The van der Waals surface area contributed by atoms with Crippen LogP contribution in [-0.4, -0.2) is 41.1 Å². The van der Waals surface area contributed by atoms with E-state index in [0.29, 0.717) is 6.04 Å². The van der Waals surface area contributed by atoms with Crippen LogP contribution in [0.1, 0.15) is 30.0 Å². The van der Waals surface area contributed by atoms with E-state index < -0.39 is 0 Å². The fourth-order valence-electron chi connectivity index (χ4n) is 3.04. The van der Waals surface area contributed by atoms with Crippen LogP contribution in [0.3, 0.4) is 0 Å². The van der Waals surface area contributed by atoms with Crippen molar-refractivity contribution in [1.82, 2.24) is 15.0 Å².